The van der Waals surface area contributed by atoms with Crippen molar-refractivity contribution < 1.29 is 9.18 Å². The van der Waals surface area contributed by atoms with Gasteiger partial charge < -0.3 is 10.6 Å². The average Bonchev–Trinajstić information content (AvgIpc) is 2.48. The maximum Gasteiger partial charge on any atom is 0.220 e. The van der Waals surface area contributed by atoms with Gasteiger partial charge in [0.25, 0.3) is 0 Å². The van der Waals surface area contributed by atoms with E-state index in [1.54, 1.807) is 12.1 Å². The molecule has 1 aliphatic rings. The van der Waals surface area contributed by atoms with Gasteiger partial charge in [-0.05, 0) is 24.1 Å². The van der Waals surface area contributed by atoms with E-state index in [2.05, 4.69) is 15.5 Å². The summed E-state index contributed by atoms with van der Waals surface area (Å²) in [4.78, 5) is 14.1. The number of aryl methyl sites for hydroxylation is 1. The van der Waals surface area contributed by atoms with E-state index in [1.165, 1.54) is 12.1 Å². The number of nitrogens with zero attached hydrogens (tertiary/aromatic N) is 1. The van der Waals surface area contributed by atoms with Crippen LogP contribution in [0.4, 0.5) is 4.39 Å². The van der Waals surface area contributed by atoms with E-state index >= 15 is 0 Å². The van der Waals surface area contributed by atoms with E-state index in [1.807, 2.05) is 0 Å². The van der Waals surface area contributed by atoms with E-state index in [-0.39, 0.29) is 11.7 Å². The lowest BCUT2D eigenvalue weighted by Crippen LogP contribution is -2.46. The van der Waals surface area contributed by atoms with Gasteiger partial charge in [-0.3, -0.25) is 9.69 Å². The van der Waals surface area contributed by atoms with Crippen molar-refractivity contribution in [3.63, 3.8) is 0 Å². The maximum atomic E-state index is 12.7. The fourth-order valence-corrected chi connectivity index (χ4v) is 2.29. The fourth-order valence-electron chi connectivity index (χ4n) is 2.29. The number of carbonyl (C=O) groups is 1. The number of benzene rings is 1. The molecule has 1 aliphatic heterocycles. The van der Waals surface area contributed by atoms with Gasteiger partial charge in [-0.2, -0.15) is 0 Å². The van der Waals surface area contributed by atoms with Gasteiger partial charge in [0, 0.05) is 45.7 Å². The Kier molecular flexibility index (Phi) is 5.95. The van der Waals surface area contributed by atoms with Crippen LogP contribution in [-0.4, -0.2) is 50.1 Å². The van der Waals surface area contributed by atoms with Gasteiger partial charge in [-0.1, -0.05) is 12.1 Å². The molecule has 0 spiro atoms. The number of nitrogens with one attached hydrogen (secondary N) is 2. The van der Waals surface area contributed by atoms with Crippen molar-refractivity contribution in [3.8, 4) is 0 Å². The summed E-state index contributed by atoms with van der Waals surface area (Å²) in [6, 6.07) is 6.31. The molecule has 0 saturated carbocycles. The highest BCUT2D eigenvalue weighted by Crippen LogP contribution is 2.05. The highest BCUT2D eigenvalue weighted by molar-refractivity contribution is 5.76. The minimum absolute atomic E-state index is 0.0597. The Morgan fingerprint density at radius 3 is 2.65 bits per heavy atom. The molecule has 0 aromatic heterocycles. The van der Waals surface area contributed by atoms with E-state index in [0.29, 0.717) is 19.4 Å². The minimum atomic E-state index is -0.241. The van der Waals surface area contributed by atoms with Gasteiger partial charge in [0.15, 0.2) is 0 Å². The van der Waals surface area contributed by atoms with Crippen molar-refractivity contribution in [2.75, 3.05) is 39.3 Å². The van der Waals surface area contributed by atoms with Crippen molar-refractivity contribution in [2.24, 2.45) is 0 Å². The smallest absolute Gasteiger partial charge is 0.220 e. The Bertz CT molecular complexity index is 416. The monoisotopic (exact) mass is 279 g/mol. The molecule has 20 heavy (non-hydrogen) atoms. The van der Waals surface area contributed by atoms with Gasteiger partial charge in [0.05, 0.1) is 0 Å². The van der Waals surface area contributed by atoms with Crippen LogP contribution in [0.1, 0.15) is 12.0 Å². The molecular formula is C15H22FN3O. The van der Waals surface area contributed by atoms with Crippen LogP contribution < -0.4 is 10.6 Å². The highest BCUT2D eigenvalue weighted by atomic mass is 19.1. The number of amides is 1. The summed E-state index contributed by atoms with van der Waals surface area (Å²) in [5, 5.41) is 6.24. The Labute approximate surface area is 119 Å². The van der Waals surface area contributed by atoms with Gasteiger partial charge in [-0.25, -0.2) is 4.39 Å². The van der Waals surface area contributed by atoms with Crippen LogP contribution in [0.2, 0.25) is 0 Å². The summed E-state index contributed by atoms with van der Waals surface area (Å²) in [5.41, 5.74) is 0.989. The van der Waals surface area contributed by atoms with Crippen molar-refractivity contribution in [1.82, 2.24) is 15.5 Å². The second-order valence-corrected chi connectivity index (χ2v) is 5.07. The summed E-state index contributed by atoms with van der Waals surface area (Å²) in [5.74, 6) is -0.182. The first kappa shape index (κ1) is 14.9. The predicted molar refractivity (Wildman–Crippen MR) is 77.0 cm³/mol. The maximum absolute atomic E-state index is 12.7. The molecule has 1 aromatic carbocycles. The third-order valence-corrected chi connectivity index (χ3v) is 3.51. The topological polar surface area (TPSA) is 44.4 Å². The Hall–Kier alpha value is -1.46. The largest absolute Gasteiger partial charge is 0.355 e. The number of hydrogen-bond donors (Lipinski definition) is 2. The summed E-state index contributed by atoms with van der Waals surface area (Å²) < 4.78 is 12.7. The minimum Gasteiger partial charge on any atom is -0.355 e. The quantitative estimate of drug-likeness (QED) is 0.809. The lowest BCUT2D eigenvalue weighted by molar-refractivity contribution is -0.121. The number of halogens is 1. The molecule has 1 aromatic rings. The summed E-state index contributed by atoms with van der Waals surface area (Å²) >= 11 is 0. The molecule has 0 bridgehead atoms. The molecule has 1 fully saturated rings. The van der Waals surface area contributed by atoms with Crippen molar-refractivity contribution in [2.45, 2.75) is 12.8 Å². The molecule has 0 atom stereocenters. The van der Waals surface area contributed by atoms with Crippen LogP contribution in [0.15, 0.2) is 24.3 Å². The number of carbonyl (C=O) groups excluding carboxylic acids is 1. The summed E-state index contributed by atoms with van der Waals surface area (Å²) in [6.07, 6.45) is 1.10. The number of rotatable bonds is 6. The van der Waals surface area contributed by atoms with E-state index in [0.717, 1.165) is 38.3 Å². The summed E-state index contributed by atoms with van der Waals surface area (Å²) in [6.45, 7) is 5.75. The molecule has 0 aliphatic carbocycles. The molecular weight excluding hydrogens is 257 g/mol. The zero-order chi connectivity index (χ0) is 14.2. The first-order chi connectivity index (χ1) is 9.74. The number of hydrogen-bond acceptors (Lipinski definition) is 3. The standard InChI is InChI=1S/C15H22FN3O/c16-14-4-1-13(2-5-14)3-6-15(20)18-9-12-19-10-7-17-8-11-19/h1-2,4-5,17H,3,6-12H2,(H,18,20). The van der Waals surface area contributed by atoms with Gasteiger partial charge in [0.1, 0.15) is 5.82 Å². The van der Waals surface area contributed by atoms with Crippen molar-refractivity contribution >= 4 is 5.91 Å². The second kappa shape index (κ2) is 7.97. The molecule has 1 amide bonds. The summed E-state index contributed by atoms with van der Waals surface area (Å²) in [7, 11) is 0. The fraction of sp³-hybridized carbons (Fsp3) is 0.533. The SMILES string of the molecule is O=C(CCc1ccc(F)cc1)NCCN1CCNCC1. The van der Waals surface area contributed by atoms with Crippen molar-refractivity contribution in [3.05, 3.63) is 35.6 Å². The third-order valence-electron chi connectivity index (χ3n) is 3.51. The predicted octanol–water partition coefficient (Wildman–Crippen LogP) is 0.780. The van der Waals surface area contributed by atoms with Gasteiger partial charge >= 0.3 is 0 Å². The molecule has 2 N–H and O–H groups in total. The van der Waals surface area contributed by atoms with Crippen molar-refractivity contribution in [1.29, 1.82) is 0 Å². The van der Waals surface area contributed by atoms with Gasteiger partial charge in [0.2, 0.25) is 5.91 Å². The molecule has 5 heteroatoms. The first-order valence-corrected chi connectivity index (χ1v) is 7.18. The molecule has 4 nitrogen and oxygen atoms in total. The van der Waals surface area contributed by atoms with Crippen LogP contribution in [0.25, 0.3) is 0 Å². The van der Waals surface area contributed by atoms with E-state index < -0.39 is 0 Å². The lowest BCUT2D eigenvalue weighted by atomic mass is 10.1. The normalized spacial score (nSPS) is 16.1. The van der Waals surface area contributed by atoms with Crippen LogP contribution in [0.5, 0.6) is 0 Å². The van der Waals surface area contributed by atoms with E-state index in [4.69, 9.17) is 0 Å². The average molecular weight is 279 g/mol. The zero-order valence-corrected chi connectivity index (χ0v) is 11.7. The Morgan fingerprint density at radius 1 is 1.25 bits per heavy atom. The van der Waals surface area contributed by atoms with Crippen LogP contribution in [0.3, 0.4) is 0 Å². The molecule has 1 heterocycles. The zero-order valence-electron chi connectivity index (χ0n) is 11.7. The Balaban J connectivity index is 1.59. The first-order valence-electron chi connectivity index (χ1n) is 7.18. The molecule has 0 radical (unpaired) electrons. The third kappa shape index (κ3) is 5.27. The van der Waals surface area contributed by atoms with Crippen LogP contribution >= 0.6 is 0 Å². The molecule has 0 unspecified atom stereocenters. The molecule has 1 saturated heterocycles. The second-order valence-electron chi connectivity index (χ2n) is 5.07. The lowest BCUT2D eigenvalue weighted by Gasteiger charge is -2.27. The van der Waals surface area contributed by atoms with Crippen LogP contribution in [0, 0.1) is 5.82 Å². The van der Waals surface area contributed by atoms with Crippen LogP contribution in [-0.2, 0) is 11.2 Å². The highest BCUT2D eigenvalue weighted by Gasteiger charge is 2.09. The Morgan fingerprint density at radius 2 is 1.95 bits per heavy atom. The van der Waals surface area contributed by atoms with Gasteiger partial charge in [-0.15, -0.1) is 0 Å². The number of piperazine rings is 1. The molecule has 2 rings (SSSR count). The van der Waals surface area contributed by atoms with E-state index in [9.17, 15) is 9.18 Å². The molecule has 110 valence electrons.